The van der Waals surface area contributed by atoms with E-state index in [0.29, 0.717) is 32.0 Å². The van der Waals surface area contributed by atoms with Crippen LogP contribution in [0.1, 0.15) is 87.0 Å². The van der Waals surface area contributed by atoms with Crippen molar-refractivity contribution in [3.05, 3.63) is 11.6 Å². The molecule has 0 radical (unpaired) electrons. The van der Waals surface area contributed by atoms with Crippen LogP contribution in [0.15, 0.2) is 11.6 Å². The third-order valence-corrected chi connectivity index (χ3v) is 15.2. The number of carboxylic acid groups (broad SMARTS) is 1. The molecule has 0 aromatic rings. The maximum absolute atomic E-state index is 13.3. The summed E-state index contributed by atoms with van der Waals surface area (Å²) >= 11 is 0. The van der Waals surface area contributed by atoms with Crippen LogP contribution in [0.5, 0.6) is 0 Å². The van der Waals surface area contributed by atoms with E-state index in [9.17, 15) is 35.4 Å². The average molecular weight is 651 g/mol. The summed E-state index contributed by atoms with van der Waals surface area (Å²) in [6.45, 7) is 15.7. The Balaban J connectivity index is 1.35. The lowest BCUT2D eigenvalue weighted by molar-refractivity contribution is -0.349. The van der Waals surface area contributed by atoms with Crippen LogP contribution in [-0.2, 0) is 19.0 Å². The molecule has 6 rings (SSSR count). The maximum Gasteiger partial charge on any atom is 0.307 e. The van der Waals surface area contributed by atoms with Crippen molar-refractivity contribution in [1.82, 2.24) is 0 Å². The van der Waals surface area contributed by atoms with Gasteiger partial charge in [-0.3, -0.25) is 4.79 Å². The molecule has 3 saturated carbocycles. The molecule has 10 heteroatoms. The molecule has 0 aromatic heterocycles. The second-order valence-electron chi connectivity index (χ2n) is 17.4. The summed E-state index contributed by atoms with van der Waals surface area (Å²) in [7, 11) is 0. The highest BCUT2D eigenvalue weighted by Gasteiger charge is 2.72. The van der Waals surface area contributed by atoms with Gasteiger partial charge in [0.2, 0.25) is 0 Å². The van der Waals surface area contributed by atoms with Gasteiger partial charge in [0.15, 0.2) is 6.29 Å². The predicted octanol–water partition coefficient (Wildman–Crippen LogP) is 3.12. The van der Waals surface area contributed by atoms with E-state index < -0.39 is 77.7 Å². The number of aliphatic hydroxyl groups is 5. The second kappa shape index (κ2) is 11.5. The first kappa shape index (κ1) is 34.7. The van der Waals surface area contributed by atoms with Crippen molar-refractivity contribution in [2.75, 3.05) is 19.8 Å². The van der Waals surface area contributed by atoms with Gasteiger partial charge in [-0.1, -0.05) is 60.1 Å². The van der Waals surface area contributed by atoms with Crippen LogP contribution in [-0.4, -0.2) is 99.3 Å². The topological polar surface area (TPSA) is 166 Å². The van der Waals surface area contributed by atoms with Crippen LogP contribution >= 0.6 is 0 Å². The molecule has 16 atom stereocenters. The highest BCUT2D eigenvalue weighted by atomic mass is 16.7. The summed E-state index contributed by atoms with van der Waals surface area (Å²) in [4.78, 5) is 13.3. The van der Waals surface area contributed by atoms with Crippen LogP contribution in [0.2, 0.25) is 0 Å². The summed E-state index contributed by atoms with van der Waals surface area (Å²) in [6, 6.07) is 0. The highest BCUT2D eigenvalue weighted by molar-refractivity contribution is 5.73. The third-order valence-electron chi connectivity index (χ3n) is 15.2. The van der Waals surface area contributed by atoms with Gasteiger partial charge >= 0.3 is 5.97 Å². The molecule has 6 aliphatic rings. The molecule has 2 unspecified atom stereocenters. The van der Waals surface area contributed by atoms with Crippen molar-refractivity contribution in [3.63, 3.8) is 0 Å². The molecule has 2 bridgehead atoms. The Kier molecular flexibility index (Phi) is 8.66. The van der Waals surface area contributed by atoms with E-state index in [2.05, 4.69) is 54.5 Å². The minimum atomic E-state index is -1.57. The number of hydrogen-bond donors (Lipinski definition) is 6. The van der Waals surface area contributed by atoms with E-state index in [-0.39, 0.29) is 28.6 Å². The van der Waals surface area contributed by atoms with Crippen LogP contribution in [0.25, 0.3) is 0 Å². The van der Waals surface area contributed by atoms with Gasteiger partial charge in [-0.15, -0.1) is 0 Å². The fourth-order valence-electron chi connectivity index (χ4n) is 12.2. The van der Waals surface area contributed by atoms with Gasteiger partial charge in [-0.25, -0.2) is 0 Å². The van der Waals surface area contributed by atoms with Crippen molar-refractivity contribution >= 4 is 5.97 Å². The van der Waals surface area contributed by atoms with Crippen LogP contribution in [0.3, 0.4) is 0 Å². The van der Waals surface area contributed by atoms with Gasteiger partial charge in [-0.05, 0) is 78.4 Å². The van der Waals surface area contributed by atoms with Crippen LogP contribution in [0.4, 0.5) is 0 Å². The lowest BCUT2D eigenvalue weighted by Gasteiger charge is -2.71. The smallest absolute Gasteiger partial charge is 0.307 e. The normalized spacial score (nSPS) is 54.2. The van der Waals surface area contributed by atoms with E-state index in [1.165, 1.54) is 5.57 Å². The van der Waals surface area contributed by atoms with E-state index in [4.69, 9.17) is 14.2 Å². The zero-order valence-corrected chi connectivity index (χ0v) is 28.7. The van der Waals surface area contributed by atoms with Gasteiger partial charge in [-0.2, -0.15) is 0 Å². The monoisotopic (exact) mass is 650 g/mol. The fraction of sp³-hybridized carbons (Fsp3) is 0.917. The molecular weight excluding hydrogens is 592 g/mol. The minimum absolute atomic E-state index is 0.104. The lowest BCUT2D eigenvalue weighted by atomic mass is 9.34. The molecule has 5 fully saturated rings. The first-order valence-electron chi connectivity index (χ1n) is 17.6. The second-order valence-corrected chi connectivity index (χ2v) is 17.4. The standard InChI is InChI=1S/C36H58O10/c1-18(2)19(3)32(4)12-13-34(6)20-8-9-24-33(5)16-44-17-36(24,21(20)10-11-35(34,7)28(32)30(42)43)14-22(38)29(33)46-31-27(41)26(40)25(39)23(15-37)45-31/h10,18-20,22-29,31,37-41H,8-9,11-17H2,1-7H3,(H,42,43)/t19-,20+,22-,23?,24+,25+,26+,27?,28-,29+,31+,32-,33-,34-,35+,36+/m1/s1. The Morgan fingerprint density at radius 2 is 1.67 bits per heavy atom. The number of fused-ring (bicyclic) bond motifs is 3. The van der Waals surface area contributed by atoms with E-state index in [1.54, 1.807) is 0 Å². The first-order valence-corrected chi connectivity index (χ1v) is 17.6. The number of aliphatic hydroxyl groups excluding tert-OH is 5. The Hall–Kier alpha value is -1.11. The molecule has 46 heavy (non-hydrogen) atoms. The Morgan fingerprint density at radius 3 is 2.30 bits per heavy atom. The summed E-state index contributed by atoms with van der Waals surface area (Å²) < 4.78 is 18.4. The van der Waals surface area contributed by atoms with Crippen molar-refractivity contribution in [3.8, 4) is 0 Å². The van der Waals surface area contributed by atoms with E-state index >= 15 is 0 Å². The number of allylic oxidation sites excluding steroid dienone is 1. The summed E-state index contributed by atoms with van der Waals surface area (Å²) in [5, 5.41) is 63.9. The number of aliphatic carboxylic acids is 1. The summed E-state index contributed by atoms with van der Waals surface area (Å²) in [5.41, 5.74) is -0.767. The molecule has 0 spiro atoms. The van der Waals surface area contributed by atoms with Crippen molar-refractivity contribution in [1.29, 1.82) is 0 Å². The van der Waals surface area contributed by atoms with Gasteiger partial charge < -0.3 is 44.8 Å². The molecule has 4 aliphatic carbocycles. The molecule has 10 nitrogen and oxygen atoms in total. The largest absolute Gasteiger partial charge is 0.481 e. The average Bonchev–Trinajstić information content (AvgIpc) is 2.99. The zero-order chi connectivity index (χ0) is 33.8. The SMILES string of the molecule is CC(C)[C@@H](C)[C@@]1(C)CC[C@]2(C)[C@H]3CC[C@@H]4[C@@]5(COC[C@@]4(C)[C@@H](O[C@@H]4OC(CO)[C@H](O)[C@H](O)C4O)[C@H](O)C5)C3=CC[C@@]2(C)[C@@H]1C(=O)O. The van der Waals surface area contributed by atoms with E-state index in [0.717, 1.165) is 25.7 Å². The van der Waals surface area contributed by atoms with Gasteiger partial charge in [0.25, 0.3) is 0 Å². The fourth-order valence-corrected chi connectivity index (χ4v) is 12.2. The third kappa shape index (κ3) is 4.53. The maximum atomic E-state index is 13.3. The van der Waals surface area contributed by atoms with Crippen molar-refractivity contribution in [2.24, 2.45) is 56.7 Å². The lowest BCUT2D eigenvalue weighted by Crippen LogP contribution is -2.71. The Bertz CT molecular complexity index is 1220. The summed E-state index contributed by atoms with van der Waals surface area (Å²) in [6.07, 6.45) is -1.79. The number of carboxylic acids is 1. The van der Waals surface area contributed by atoms with Gasteiger partial charge in [0, 0.05) is 10.8 Å². The van der Waals surface area contributed by atoms with E-state index in [1.807, 2.05) is 0 Å². The molecule has 6 N–H and O–H groups in total. The van der Waals surface area contributed by atoms with Crippen molar-refractivity contribution < 1.29 is 49.6 Å². The molecule has 262 valence electrons. The van der Waals surface area contributed by atoms with Crippen molar-refractivity contribution in [2.45, 2.75) is 130 Å². The predicted molar refractivity (Wildman–Crippen MR) is 168 cm³/mol. The molecular formula is C36H58O10. The quantitative estimate of drug-likeness (QED) is 0.186. The molecule has 2 saturated heterocycles. The molecule has 2 aliphatic heterocycles. The van der Waals surface area contributed by atoms with Gasteiger partial charge in [0.1, 0.15) is 24.4 Å². The zero-order valence-electron chi connectivity index (χ0n) is 28.7. The van der Waals surface area contributed by atoms with Crippen LogP contribution in [0, 0.1) is 56.7 Å². The minimum Gasteiger partial charge on any atom is -0.481 e. The first-order chi connectivity index (χ1) is 21.4. The summed E-state index contributed by atoms with van der Waals surface area (Å²) in [5.74, 6) is -0.261. The number of rotatable bonds is 6. The number of carbonyl (C=O) groups is 1. The number of ether oxygens (including phenoxy) is 3. The van der Waals surface area contributed by atoms with Gasteiger partial charge in [0.05, 0.1) is 37.9 Å². The number of hydrogen-bond acceptors (Lipinski definition) is 9. The van der Waals surface area contributed by atoms with Crippen LogP contribution < -0.4 is 0 Å². The highest BCUT2D eigenvalue weighted by Crippen LogP contribution is 2.75. The molecule has 0 aromatic carbocycles. The Morgan fingerprint density at radius 1 is 0.978 bits per heavy atom. The molecule has 0 amide bonds. The Labute approximate surface area is 273 Å². The molecule has 2 heterocycles.